The SMILES string of the molecule is CC[C@@H](C)N1CCN(C[C@H]2C[C@H]3C=C[C@H]2C3)CC1. The van der Waals surface area contributed by atoms with Gasteiger partial charge in [-0.25, -0.2) is 0 Å². The molecule has 0 aromatic rings. The predicted octanol–water partition coefficient (Wildman–Crippen LogP) is 2.61. The van der Waals surface area contributed by atoms with Gasteiger partial charge in [-0.15, -0.1) is 0 Å². The first-order valence-electron chi connectivity index (χ1n) is 7.91. The molecule has 102 valence electrons. The Labute approximate surface area is 112 Å². The van der Waals surface area contributed by atoms with E-state index in [-0.39, 0.29) is 0 Å². The summed E-state index contributed by atoms with van der Waals surface area (Å²) in [5, 5.41) is 0. The highest BCUT2D eigenvalue weighted by Crippen LogP contribution is 2.43. The first-order chi connectivity index (χ1) is 8.76. The van der Waals surface area contributed by atoms with Crippen molar-refractivity contribution in [2.24, 2.45) is 17.8 Å². The van der Waals surface area contributed by atoms with E-state index in [0.29, 0.717) is 0 Å². The lowest BCUT2D eigenvalue weighted by atomic mass is 9.93. The number of rotatable bonds is 4. The minimum atomic E-state index is 0.776. The van der Waals surface area contributed by atoms with E-state index in [4.69, 9.17) is 0 Å². The monoisotopic (exact) mass is 248 g/mol. The lowest BCUT2D eigenvalue weighted by Crippen LogP contribution is -2.50. The van der Waals surface area contributed by atoms with E-state index in [9.17, 15) is 0 Å². The smallest absolute Gasteiger partial charge is 0.0113 e. The topological polar surface area (TPSA) is 6.48 Å². The van der Waals surface area contributed by atoms with Gasteiger partial charge in [0.15, 0.2) is 0 Å². The predicted molar refractivity (Wildman–Crippen MR) is 76.6 cm³/mol. The second kappa shape index (κ2) is 5.34. The summed E-state index contributed by atoms with van der Waals surface area (Å²) in [6, 6.07) is 0.776. The average Bonchev–Trinajstić information content (AvgIpc) is 3.01. The largest absolute Gasteiger partial charge is 0.300 e. The van der Waals surface area contributed by atoms with Crippen molar-refractivity contribution in [2.75, 3.05) is 32.7 Å². The number of nitrogens with zero attached hydrogens (tertiary/aromatic N) is 2. The van der Waals surface area contributed by atoms with Crippen LogP contribution >= 0.6 is 0 Å². The van der Waals surface area contributed by atoms with E-state index >= 15 is 0 Å². The molecule has 2 nitrogen and oxygen atoms in total. The van der Waals surface area contributed by atoms with Crippen molar-refractivity contribution in [3.05, 3.63) is 12.2 Å². The van der Waals surface area contributed by atoms with Gasteiger partial charge in [0, 0.05) is 38.8 Å². The van der Waals surface area contributed by atoms with Crippen LogP contribution in [-0.2, 0) is 0 Å². The van der Waals surface area contributed by atoms with Crippen molar-refractivity contribution in [1.82, 2.24) is 9.80 Å². The van der Waals surface area contributed by atoms with Crippen molar-refractivity contribution >= 4 is 0 Å². The standard InChI is InChI=1S/C16H28N2/c1-3-13(2)18-8-6-17(7-9-18)12-16-11-14-4-5-15(16)10-14/h4-5,13-16H,3,6-12H2,1-2H3/t13-,14+,15+,16-/m1/s1. The molecule has 2 heteroatoms. The van der Waals surface area contributed by atoms with Gasteiger partial charge in [-0.1, -0.05) is 19.1 Å². The van der Waals surface area contributed by atoms with Crippen LogP contribution in [-0.4, -0.2) is 48.6 Å². The van der Waals surface area contributed by atoms with Crippen molar-refractivity contribution in [3.63, 3.8) is 0 Å². The average molecular weight is 248 g/mol. The molecular weight excluding hydrogens is 220 g/mol. The Kier molecular flexibility index (Phi) is 3.76. The molecule has 0 unspecified atom stereocenters. The van der Waals surface area contributed by atoms with Crippen LogP contribution in [0.15, 0.2) is 12.2 Å². The summed E-state index contributed by atoms with van der Waals surface area (Å²) >= 11 is 0. The van der Waals surface area contributed by atoms with Gasteiger partial charge in [-0.2, -0.15) is 0 Å². The minimum Gasteiger partial charge on any atom is -0.300 e. The molecule has 0 N–H and O–H groups in total. The molecule has 0 radical (unpaired) electrons. The first-order valence-corrected chi connectivity index (χ1v) is 7.91. The maximum absolute atomic E-state index is 2.72. The Morgan fingerprint density at radius 1 is 1.11 bits per heavy atom. The molecule has 1 aliphatic heterocycles. The molecule has 3 rings (SSSR count). The Morgan fingerprint density at radius 3 is 2.44 bits per heavy atom. The van der Waals surface area contributed by atoms with Crippen LogP contribution in [0.1, 0.15) is 33.1 Å². The molecular formula is C16H28N2. The molecule has 0 aromatic heterocycles. The van der Waals surface area contributed by atoms with Gasteiger partial charge in [0.05, 0.1) is 0 Å². The highest BCUT2D eigenvalue weighted by molar-refractivity contribution is 5.10. The molecule has 1 heterocycles. The van der Waals surface area contributed by atoms with Crippen molar-refractivity contribution in [1.29, 1.82) is 0 Å². The zero-order valence-corrected chi connectivity index (χ0v) is 12.0. The fourth-order valence-corrected chi connectivity index (χ4v) is 4.08. The van der Waals surface area contributed by atoms with Crippen LogP contribution in [0.25, 0.3) is 0 Å². The number of piperazine rings is 1. The fourth-order valence-electron chi connectivity index (χ4n) is 4.08. The summed E-state index contributed by atoms with van der Waals surface area (Å²) in [5.74, 6) is 2.82. The summed E-state index contributed by atoms with van der Waals surface area (Å²) in [6.07, 6.45) is 9.16. The third kappa shape index (κ3) is 2.50. The second-order valence-electron chi connectivity index (χ2n) is 6.63. The Balaban J connectivity index is 1.45. The molecule has 2 bridgehead atoms. The van der Waals surface area contributed by atoms with E-state index in [2.05, 4.69) is 35.8 Å². The van der Waals surface area contributed by atoms with Crippen LogP contribution in [0.2, 0.25) is 0 Å². The number of hydrogen-bond donors (Lipinski definition) is 0. The van der Waals surface area contributed by atoms with Crippen LogP contribution in [0.4, 0.5) is 0 Å². The lowest BCUT2D eigenvalue weighted by molar-refractivity contribution is 0.0868. The van der Waals surface area contributed by atoms with E-state index in [1.807, 2.05) is 0 Å². The van der Waals surface area contributed by atoms with Crippen LogP contribution in [0.3, 0.4) is 0 Å². The van der Waals surface area contributed by atoms with Crippen molar-refractivity contribution < 1.29 is 0 Å². The Hall–Kier alpha value is -0.340. The van der Waals surface area contributed by atoms with Crippen LogP contribution < -0.4 is 0 Å². The summed E-state index contributed by atoms with van der Waals surface area (Å²) < 4.78 is 0. The van der Waals surface area contributed by atoms with Crippen LogP contribution in [0.5, 0.6) is 0 Å². The molecule has 0 spiro atoms. The third-order valence-electron chi connectivity index (χ3n) is 5.53. The van der Waals surface area contributed by atoms with Gasteiger partial charge in [-0.05, 0) is 43.9 Å². The van der Waals surface area contributed by atoms with E-state index in [0.717, 1.165) is 23.8 Å². The normalized spacial score (nSPS) is 38.4. The summed E-state index contributed by atoms with van der Waals surface area (Å²) in [4.78, 5) is 5.38. The molecule has 2 aliphatic carbocycles. The fraction of sp³-hybridized carbons (Fsp3) is 0.875. The molecule has 0 amide bonds. The number of allylic oxidation sites excluding steroid dienone is 2. The van der Waals surface area contributed by atoms with E-state index in [1.54, 1.807) is 0 Å². The van der Waals surface area contributed by atoms with Gasteiger partial charge < -0.3 is 4.90 Å². The molecule has 1 saturated carbocycles. The summed E-state index contributed by atoms with van der Waals surface area (Å²) in [6.45, 7) is 11.2. The molecule has 4 atom stereocenters. The van der Waals surface area contributed by atoms with Crippen molar-refractivity contribution in [2.45, 2.75) is 39.2 Å². The van der Waals surface area contributed by atoms with Crippen LogP contribution in [0, 0.1) is 17.8 Å². The molecule has 2 fully saturated rings. The molecule has 18 heavy (non-hydrogen) atoms. The van der Waals surface area contributed by atoms with Gasteiger partial charge in [0.25, 0.3) is 0 Å². The third-order valence-corrected chi connectivity index (χ3v) is 5.53. The van der Waals surface area contributed by atoms with E-state index < -0.39 is 0 Å². The lowest BCUT2D eigenvalue weighted by Gasteiger charge is -2.39. The maximum Gasteiger partial charge on any atom is 0.0113 e. The van der Waals surface area contributed by atoms with Gasteiger partial charge >= 0.3 is 0 Å². The first kappa shape index (κ1) is 12.7. The highest BCUT2D eigenvalue weighted by Gasteiger charge is 2.36. The Morgan fingerprint density at radius 2 is 1.89 bits per heavy atom. The molecule has 0 aromatic carbocycles. The van der Waals surface area contributed by atoms with Gasteiger partial charge in [0.2, 0.25) is 0 Å². The quantitative estimate of drug-likeness (QED) is 0.706. The molecule has 3 aliphatic rings. The number of fused-ring (bicyclic) bond motifs is 2. The van der Waals surface area contributed by atoms with Gasteiger partial charge in [-0.3, -0.25) is 4.90 Å². The Bertz CT molecular complexity index is 304. The molecule has 1 saturated heterocycles. The highest BCUT2D eigenvalue weighted by atomic mass is 15.3. The number of hydrogen-bond acceptors (Lipinski definition) is 2. The maximum atomic E-state index is 2.72. The zero-order chi connectivity index (χ0) is 12.5. The summed E-state index contributed by atoms with van der Waals surface area (Å²) in [5.41, 5.74) is 0. The van der Waals surface area contributed by atoms with Gasteiger partial charge in [0.1, 0.15) is 0 Å². The minimum absolute atomic E-state index is 0.776. The summed E-state index contributed by atoms with van der Waals surface area (Å²) in [7, 11) is 0. The second-order valence-corrected chi connectivity index (χ2v) is 6.63. The van der Waals surface area contributed by atoms with Crippen molar-refractivity contribution in [3.8, 4) is 0 Å². The van der Waals surface area contributed by atoms with E-state index in [1.165, 1.54) is 52.0 Å². The zero-order valence-electron chi connectivity index (χ0n) is 12.0.